The molecule has 0 atom stereocenters. The molecule has 3 rings (SSSR count). The van der Waals surface area contributed by atoms with Crippen LogP contribution in [-0.2, 0) is 10.0 Å². The van der Waals surface area contributed by atoms with E-state index in [1.54, 1.807) is 0 Å². The number of hydrogen-bond acceptors (Lipinski definition) is 5. The molecule has 0 aliphatic rings. The lowest BCUT2D eigenvalue weighted by Crippen LogP contribution is -2.19. The minimum absolute atomic E-state index is 0.0699. The Bertz CT molecular complexity index is 1080. The van der Waals surface area contributed by atoms with Crippen LogP contribution in [0.1, 0.15) is 0 Å². The molecule has 0 unspecified atom stereocenters. The van der Waals surface area contributed by atoms with E-state index in [1.165, 1.54) is 36.4 Å². The number of sulfonamides is 1. The fourth-order valence-electron chi connectivity index (χ4n) is 2.24. The maximum absolute atomic E-state index is 13.2. The van der Waals surface area contributed by atoms with Crippen LogP contribution in [0.2, 0.25) is 0 Å². The van der Waals surface area contributed by atoms with Crippen LogP contribution in [0.25, 0.3) is 17.1 Å². The van der Waals surface area contributed by atoms with Crippen LogP contribution in [0.3, 0.4) is 0 Å². The Morgan fingerprint density at radius 1 is 1.04 bits per heavy atom. The number of nitrogens with two attached hydrogens (primary N) is 1. The van der Waals surface area contributed by atoms with E-state index in [-0.39, 0.29) is 16.4 Å². The number of primary sulfonamides is 1. The van der Waals surface area contributed by atoms with Gasteiger partial charge in [-0.25, -0.2) is 22.6 Å². The normalized spacial score (nSPS) is 12.2. The van der Waals surface area contributed by atoms with Crippen molar-refractivity contribution >= 4 is 10.0 Å². The maximum atomic E-state index is 13.2. The first kappa shape index (κ1) is 19.8. The SMILES string of the molecule is NS(=O)(=O)c1ccc(-n2nc(OCC(F)(F)F)nc2-c2ccc(F)cc2)cc1. The van der Waals surface area contributed by atoms with Gasteiger partial charge in [-0.2, -0.15) is 18.2 Å². The molecular weight excluding hydrogens is 404 g/mol. The zero-order valence-corrected chi connectivity index (χ0v) is 14.7. The second-order valence-corrected chi connectivity index (χ2v) is 7.14. The fraction of sp³-hybridized carbons (Fsp3) is 0.125. The largest absolute Gasteiger partial charge is 0.453 e. The monoisotopic (exact) mass is 416 g/mol. The third-order valence-corrected chi connectivity index (χ3v) is 4.39. The minimum atomic E-state index is -4.58. The Labute approximate surface area is 156 Å². The van der Waals surface area contributed by atoms with Crippen molar-refractivity contribution in [2.75, 3.05) is 6.61 Å². The molecule has 0 saturated heterocycles. The summed E-state index contributed by atoms with van der Waals surface area (Å²) in [5, 5.41) is 8.92. The van der Waals surface area contributed by atoms with Gasteiger partial charge < -0.3 is 4.74 Å². The van der Waals surface area contributed by atoms with Crippen LogP contribution in [0.5, 0.6) is 6.01 Å². The van der Waals surface area contributed by atoms with Crippen molar-refractivity contribution in [3.05, 3.63) is 54.3 Å². The van der Waals surface area contributed by atoms with Gasteiger partial charge >= 0.3 is 12.2 Å². The average molecular weight is 416 g/mol. The van der Waals surface area contributed by atoms with Crippen LogP contribution in [0.15, 0.2) is 53.4 Å². The van der Waals surface area contributed by atoms with Crippen LogP contribution < -0.4 is 9.88 Å². The van der Waals surface area contributed by atoms with Crippen molar-refractivity contribution in [1.29, 1.82) is 0 Å². The molecule has 1 heterocycles. The Balaban J connectivity index is 2.04. The Morgan fingerprint density at radius 2 is 1.64 bits per heavy atom. The Kier molecular flexibility index (Phi) is 5.08. The predicted molar refractivity (Wildman–Crippen MR) is 89.7 cm³/mol. The number of aromatic nitrogens is 3. The van der Waals surface area contributed by atoms with Gasteiger partial charge in [0.05, 0.1) is 10.6 Å². The summed E-state index contributed by atoms with van der Waals surface area (Å²) in [6.45, 7) is -1.59. The lowest BCUT2D eigenvalue weighted by atomic mass is 10.2. The van der Waals surface area contributed by atoms with Gasteiger partial charge in [-0.15, -0.1) is 5.10 Å². The molecule has 0 spiro atoms. The van der Waals surface area contributed by atoms with E-state index in [0.717, 1.165) is 16.8 Å². The van der Waals surface area contributed by atoms with Gasteiger partial charge in [0.2, 0.25) is 10.0 Å². The van der Waals surface area contributed by atoms with Gasteiger partial charge in [-0.1, -0.05) is 0 Å². The maximum Gasteiger partial charge on any atom is 0.422 e. The molecular formula is C16H12F4N4O3S. The summed E-state index contributed by atoms with van der Waals surface area (Å²) < 4.78 is 78.8. The molecule has 12 heteroatoms. The van der Waals surface area contributed by atoms with Gasteiger partial charge in [0.1, 0.15) is 5.82 Å². The van der Waals surface area contributed by atoms with E-state index >= 15 is 0 Å². The average Bonchev–Trinajstić information content (AvgIpc) is 3.04. The third kappa shape index (κ3) is 4.64. The summed E-state index contributed by atoms with van der Waals surface area (Å²) in [5.41, 5.74) is 0.632. The number of hydrogen-bond donors (Lipinski definition) is 1. The van der Waals surface area contributed by atoms with Crippen molar-refractivity contribution in [2.24, 2.45) is 5.14 Å². The number of benzene rings is 2. The highest BCUT2D eigenvalue weighted by Crippen LogP contribution is 2.25. The van der Waals surface area contributed by atoms with E-state index in [2.05, 4.69) is 14.8 Å². The second-order valence-electron chi connectivity index (χ2n) is 5.58. The smallest absolute Gasteiger partial charge is 0.422 e. The zero-order valence-electron chi connectivity index (χ0n) is 13.9. The van der Waals surface area contributed by atoms with E-state index in [0.29, 0.717) is 5.56 Å². The summed E-state index contributed by atoms with van der Waals surface area (Å²) in [6.07, 6.45) is -4.58. The minimum Gasteiger partial charge on any atom is -0.453 e. The first-order valence-corrected chi connectivity index (χ1v) is 9.13. The standard InChI is InChI=1S/C16H12F4N4O3S/c17-11-3-1-10(2-4-11)14-22-15(27-9-16(18,19)20)23-24(14)12-5-7-13(8-6-12)28(21,25)26/h1-8H,9H2,(H2,21,25,26). The molecule has 28 heavy (non-hydrogen) atoms. The molecule has 0 bridgehead atoms. The molecule has 0 radical (unpaired) electrons. The van der Waals surface area contributed by atoms with Crippen molar-refractivity contribution in [3.63, 3.8) is 0 Å². The number of rotatable bonds is 5. The quantitative estimate of drug-likeness (QED) is 0.645. The number of ether oxygens (including phenoxy) is 1. The van der Waals surface area contributed by atoms with Crippen molar-refractivity contribution < 1.29 is 30.7 Å². The summed E-state index contributed by atoms with van der Waals surface area (Å²) in [4.78, 5) is 3.77. The lowest BCUT2D eigenvalue weighted by Gasteiger charge is -2.06. The molecule has 0 aliphatic heterocycles. The first-order valence-electron chi connectivity index (χ1n) is 7.59. The van der Waals surface area contributed by atoms with Crippen molar-refractivity contribution in [3.8, 4) is 23.1 Å². The number of halogens is 4. The molecule has 0 saturated carbocycles. The van der Waals surface area contributed by atoms with Crippen LogP contribution in [-0.4, -0.2) is 36.0 Å². The highest BCUT2D eigenvalue weighted by molar-refractivity contribution is 7.89. The fourth-order valence-corrected chi connectivity index (χ4v) is 2.76. The molecule has 2 N–H and O–H groups in total. The van der Waals surface area contributed by atoms with Gasteiger partial charge in [-0.3, -0.25) is 0 Å². The van der Waals surface area contributed by atoms with Crippen molar-refractivity contribution in [1.82, 2.24) is 14.8 Å². The molecule has 0 fully saturated rings. The van der Waals surface area contributed by atoms with Crippen molar-refractivity contribution in [2.45, 2.75) is 11.1 Å². The van der Waals surface area contributed by atoms with Gasteiger partial charge in [-0.05, 0) is 48.5 Å². The molecule has 0 amide bonds. The molecule has 1 aromatic heterocycles. The number of nitrogens with zero attached hydrogens (tertiary/aromatic N) is 3. The van der Waals surface area contributed by atoms with Gasteiger partial charge in [0, 0.05) is 5.56 Å². The lowest BCUT2D eigenvalue weighted by molar-refractivity contribution is -0.154. The van der Waals surface area contributed by atoms with Gasteiger partial charge in [0.25, 0.3) is 0 Å². The van der Waals surface area contributed by atoms with Crippen LogP contribution in [0, 0.1) is 5.82 Å². The third-order valence-electron chi connectivity index (χ3n) is 3.46. The Hall–Kier alpha value is -2.99. The summed E-state index contributed by atoms with van der Waals surface area (Å²) in [5.74, 6) is -0.443. The second kappa shape index (κ2) is 7.20. The van der Waals surface area contributed by atoms with Crippen LogP contribution >= 0.6 is 0 Å². The summed E-state index contributed by atoms with van der Waals surface area (Å²) in [6, 6.07) is 9.57. The van der Waals surface area contributed by atoms with E-state index < -0.39 is 34.6 Å². The van der Waals surface area contributed by atoms with E-state index in [1.807, 2.05) is 0 Å². The zero-order chi connectivity index (χ0) is 20.5. The highest BCUT2D eigenvalue weighted by Gasteiger charge is 2.29. The molecule has 2 aromatic carbocycles. The van der Waals surface area contributed by atoms with E-state index in [9.17, 15) is 26.0 Å². The van der Waals surface area contributed by atoms with E-state index in [4.69, 9.17) is 5.14 Å². The first-order chi connectivity index (χ1) is 13.0. The predicted octanol–water partition coefficient (Wildman–Crippen LogP) is 2.66. The molecule has 7 nitrogen and oxygen atoms in total. The molecule has 3 aromatic rings. The van der Waals surface area contributed by atoms with Gasteiger partial charge in [0.15, 0.2) is 12.4 Å². The highest BCUT2D eigenvalue weighted by atomic mass is 32.2. The molecule has 0 aliphatic carbocycles. The number of alkyl halides is 3. The topological polar surface area (TPSA) is 100 Å². The summed E-state index contributed by atoms with van der Waals surface area (Å²) >= 11 is 0. The molecule has 148 valence electrons. The Morgan fingerprint density at radius 3 is 2.18 bits per heavy atom. The summed E-state index contributed by atoms with van der Waals surface area (Å²) in [7, 11) is -3.93. The van der Waals surface area contributed by atoms with Crippen LogP contribution in [0.4, 0.5) is 17.6 Å².